The van der Waals surface area contributed by atoms with E-state index in [1.54, 1.807) is 0 Å². The number of likely N-dealkylation sites (N-methyl/N-ethyl adjacent to an activating group) is 1. The molecule has 16 heavy (non-hydrogen) atoms. The van der Waals surface area contributed by atoms with Gasteiger partial charge < -0.3 is 15.1 Å². The molecule has 0 bridgehead atoms. The minimum Gasteiger partial charge on any atom is -0.369 e. The van der Waals surface area contributed by atoms with Crippen molar-refractivity contribution < 1.29 is 1.43 Å². The van der Waals surface area contributed by atoms with E-state index in [0.717, 1.165) is 32.7 Å². The van der Waals surface area contributed by atoms with E-state index in [0.29, 0.717) is 0 Å². The third-order valence-corrected chi connectivity index (χ3v) is 3.19. The fourth-order valence-electron chi connectivity index (χ4n) is 2.09. The SMILES string of the molecule is CNCc1ccc(N2CCN(C)CC2)cc1.[HH]. The monoisotopic (exact) mass is 221 g/mol. The Morgan fingerprint density at radius 1 is 1.12 bits per heavy atom. The van der Waals surface area contributed by atoms with Crippen LogP contribution in [0.1, 0.15) is 6.99 Å². The van der Waals surface area contributed by atoms with E-state index in [4.69, 9.17) is 0 Å². The van der Waals surface area contributed by atoms with Crippen molar-refractivity contribution in [2.24, 2.45) is 0 Å². The van der Waals surface area contributed by atoms with Gasteiger partial charge in [0.1, 0.15) is 0 Å². The quantitative estimate of drug-likeness (QED) is 0.832. The summed E-state index contributed by atoms with van der Waals surface area (Å²) in [5.74, 6) is 0. The normalized spacial score (nSPS) is 17.8. The van der Waals surface area contributed by atoms with E-state index < -0.39 is 0 Å². The van der Waals surface area contributed by atoms with Crippen molar-refractivity contribution in [3.05, 3.63) is 29.8 Å². The lowest BCUT2D eigenvalue weighted by molar-refractivity contribution is 0.313. The predicted octanol–water partition coefficient (Wildman–Crippen LogP) is 1.40. The number of hydrogen-bond acceptors (Lipinski definition) is 3. The van der Waals surface area contributed by atoms with Gasteiger partial charge in [0, 0.05) is 39.8 Å². The van der Waals surface area contributed by atoms with Gasteiger partial charge in [0.25, 0.3) is 0 Å². The van der Waals surface area contributed by atoms with E-state index in [9.17, 15) is 0 Å². The summed E-state index contributed by atoms with van der Waals surface area (Å²) in [5.41, 5.74) is 2.70. The second-order valence-corrected chi connectivity index (χ2v) is 4.49. The Morgan fingerprint density at radius 2 is 1.75 bits per heavy atom. The smallest absolute Gasteiger partial charge is 0.0367 e. The van der Waals surface area contributed by atoms with Crippen LogP contribution in [-0.2, 0) is 6.54 Å². The third kappa shape index (κ3) is 2.74. The van der Waals surface area contributed by atoms with Crippen LogP contribution in [0, 0.1) is 0 Å². The second-order valence-electron chi connectivity index (χ2n) is 4.49. The molecule has 2 rings (SSSR count). The molecule has 1 heterocycles. The number of nitrogens with one attached hydrogen (secondary N) is 1. The van der Waals surface area contributed by atoms with Crippen LogP contribution in [0.2, 0.25) is 0 Å². The number of benzene rings is 1. The molecule has 1 aromatic rings. The first-order valence-electron chi connectivity index (χ1n) is 5.96. The molecule has 1 aliphatic heterocycles. The first kappa shape index (κ1) is 11.4. The van der Waals surface area contributed by atoms with Crippen LogP contribution in [0.5, 0.6) is 0 Å². The van der Waals surface area contributed by atoms with Crippen molar-refractivity contribution in [1.82, 2.24) is 10.2 Å². The fraction of sp³-hybridized carbons (Fsp3) is 0.538. The van der Waals surface area contributed by atoms with Gasteiger partial charge >= 0.3 is 0 Å². The van der Waals surface area contributed by atoms with Gasteiger partial charge in [-0.15, -0.1) is 0 Å². The van der Waals surface area contributed by atoms with Gasteiger partial charge in [0.2, 0.25) is 0 Å². The highest BCUT2D eigenvalue weighted by atomic mass is 15.2. The van der Waals surface area contributed by atoms with Crippen molar-refractivity contribution in [2.75, 3.05) is 45.2 Å². The molecular formula is C13H23N3. The Labute approximate surface area is 99.5 Å². The molecule has 0 spiro atoms. The van der Waals surface area contributed by atoms with E-state index in [2.05, 4.69) is 46.4 Å². The Bertz CT molecular complexity index is 318. The van der Waals surface area contributed by atoms with Crippen molar-refractivity contribution in [1.29, 1.82) is 0 Å². The number of rotatable bonds is 3. The van der Waals surface area contributed by atoms with E-state index in [1.807, 2.05) is 7.05 Å². The summed E-state index contributed by atoms with van der Waals surface area (Å²) in [6, 6.07) is 8.89. The molecule has 1 N–H and O–H groups in total. The minimum absolute atomic E-state index is 0. The molecule has 1 saturated heterocycles. The first-order valence-corrected chi connectivity index (χ1v) is 5.96. The van der Waals surface area contributed by atoms with Gasteiger partial charge in [-0.2, -0.15) is 0 Å². The maximum atomic E-state index is 3.17. The van der Waals surface area contributed by atoms with Crippen molar-refractivity contribution in [3.63, 3.8) is 0 Å². The summed E-state index contributed by atoms with van der Waals surface area (Å²) < 4.78 is 0. The van der Waals surface area contributed by atoms with Crippen LogP contribution in [0.3, 0.4) is 0 Å². The van der Waals surface area contributed by atoms with Crippen LogP contribution in [-0.4, -0.2) is 45.2 Å². The van der Waals surface area contributed by atoms with Crippen LogP contribution in [0.15, 0.2) is 24.3 Å². The summed E-state index contributed by atoms with van der Waals surface area (Å²) >= 11 is 0. The lowest BCUT2D eigenvalue weighted by atomic mass is 10.2. The van der Waals surface area contributed by atoms with Crippen molar-refractivity contribution in [2.45, 2.75) is 6.54 Å². The number of hydrogen-bond donors (Lipinski definition) is 1. The summed E-state index contributed by atoms with van der Waals surface area (Å²) in [7, 11) is 4.17. The van der Waals surface area contributed by atoms with E-state index in [-0.39, 0.29) is 1.43 Å². The Morgan fingerprint density at radius 3 is 2.31 bits per heavy atom. The molecule has 3 nitrogen and oxygen atoms in total. The molecule has 1 fully saturated rings. The standard InChI is InChI=1S/C13H21N3.H2/c1-14-11-12-3-5-13(6-4-12)16-9-7-15(2)8-10-16;/h3-6,14H,7-11H2,1-2H3;1H. The molecule has 0 saturated carbocycles. The zero-order valence-electron chi connectivity index (χ0n) is 10.2. The Kier molecular flexibility index (Phi) is 3.80. The molecule has 1 aromatic carbocycles. The van der Waals surface area contributed by atoms with Gasteiger partial charge in [-0.25, -0.2) is 0 Å². The summed E-state index contributed by atoms with van der Waals surface area (Å²) in [4.78, 5) is 4.84. The van der Waals surface area contributed by atoms with E-state index >= 15 is 0 Å². The van der Waals surface area contributed by atoms with Gasteiger partial charge in [-0.3, -0.25) is 0 Å². The van der Waals surface area contributed by atoms with Gasteiger partial charge in [0.05, 0.1) is 0 Å². The van der Waals surface area contributed by atoms with Crippen LogP contribution in [0.4, 0.5) is 5.69 Å². The molecule has 0 unspecified atom stereocenters. The molecule has 0 radical (unpaired) electrons. The summed E-state index contributed by atoms with van der Waals surface area (Å²) in [6.45, 7) is 5.56. The summed E-state index contributed by atoms with van der Waals surface area (Å²) in [6.07, 6.45) is 0. The molecule has 1 aliphatic rings. The molecular weight excluding hydrogens is 198 g/mol. The number of piperazine rings is 1. The highest BCUT2D eigenvalue weighted by Gasteiger charge is 2.13. The predicted molar refractivity (Wildman–Crippen MR) is 71.0 cm³/mol. The molecule has 0 aliphatic carbocycles. The minimum atomic E-state index is 0. The van der Waals surface area contributed by atoms with Crippen LogP contribution in [0.25, 0.3) is 0 Å². The maximum Gasteiger partial charge on any atom is 0.0367 e. The highest BCUT2D eigenvalue weighted by Crippen LogP contribution is 2.16. The second kappa shape index (κ2) is 5.32. The lowest BCUT2D eigenvalue weighted by Gasteiger charge is -2.34. The average molecular weight is 221 g/mol. The van der Waals surface area contributed by atoms with E-state index in [1.165, 1.54) is 11.3 Å². The Hall–Kier alpha value is -1.06. The third-order valence-electron chi connectivity index (χ3n) is 3.19. The lowest BCUT2D eigenvalue weighted by Crippen LogP contribution is -2.44. The first-order chi connectivity index (χ1) is 7.79. The number of anilines is 1. The number of nitrogens with zero attached hydrogens (tertiary/aromatic N) is 2. The molecule has 3 heteroatoms. The molecule has 90 valence electrons. The summed E-state index contributed by atoms with van der Waals surface area (Å²) in [5, 5.41) is 3.17. The zero-order chi connectivity index (χ0) is 11.4. The van der Waals surface area contributed by atoms with Gasteiger partial charge in [0.15, 0.2) is 0 Å². The average Bonchev–Trinajstić information content (AvgIpc) is 2.32. The topological polar surface area (TPSA) is 18.5 Å². The van der Waals surface area contributed by atoms with Crippen LogP contribution < -0.4 is 10.2 Å². The van der Waals surface area contributed by atoms with Crippen molar-refractivity contribution in [3.8, 4) is 0 Å². The van der Waals surface area contributed by atoms with Crippen LogP contribution >= 0.6 is 0 Å². The largest absolute Gasteiger partial charge is 0.369 e. The van der Waals surface area contributed by atoms with Gasteiger partial charge in [-0.05, 0) is 31.8 Å². The fourth-order valence-corrected chi connectivity index (χ4v) is 2.09. The molecule has 0 aromatic heterocycles. The zero-order valence-corrected chi connectivity index (χ0v) is 10.2. The maximum absolute atomic E-state index is 3.17. The molecule has 0 amide bonds. The van der Waals surface area contributed by atoms with Crippen molar-refractivity contribution >= 4 is 5.69 Å². The molecule has 0 atom stereocenters. The van der Waals surface area contributed by atoms with Gasteiger partial charge in [-0.1, -0.05) is 12.1 Å². The highest BCUT2D eigenvalue weighted by molar-refractivity contribution is 5.48. The Balaban J connectivity index is 0.00000144.